The monoisotopic (exact) mass is 370 g/mol. The number of unbranched alkanes of at least 4 members (excludes halogenated alkanes) is 2. The van der Waals surface area contributed by atoms with Crippen LogP contribution in [0, 0.1) is 5.92 Å². The number of rotatable bonds is 8. The number of carbonyl (C=O) groups excluding carboxylic acids is 2. The minimum absolute atomic E-state index is 0.00803. The molecule has 27 heavy (non-hydrogen) atoms. The molecule has 3 rings (SSSR count). The van der Waals surface area contributed by atoms with Crippen LogP contribution in [0.5, 0.6) is 0 Å². The van der Waals surface area contributed by atoms with Gasteiger partial charge in [0.05, 0.1) is 18.1 Å². The molecule has 0 bridgehead atoms. The number of pyridine rings is 1. The summed E-state index contributed by atoms with van der Waals surface area (Å²) < 4.78 is 5.19. The fraction of sp³-hybridized carbons (Fsp3) is 0.450. The van der Waals surface area contributed by atoms with Gasteiger partial charge in [0, 0.05) is 25.8 Å². The Morgan fingerprint density at radius 2 is 2.15 bits per heavy atom. The molecule has 0 saturated carbocycles. The van der Waals surface area contributed by atoms with Gasteiger partial charge < -0.3 is 20.0 Å². The van der Waals surface area contributed by atoms with Gasteiger partial charge in [-0.2, -0.15) is 0 Å². The predicted molar refractivity (Wildman–Crippen MR) is 102 cm³/mol. The van der Waals surface area contributed by atoms with E-state index in [2.05, 4.69) is 15.6 Å². The zero-order chi connectivity index (χ0) is 18.9. The summed E-state index contributed by atoms with van der Waals surface area (Å²) in [5, 5.41) is 5.60. The molecule has 2 aromatic heterocycles. The molecule has 1 atom stereocenters. The molecule has 2 N–H and O–H groups in total. The topological polar surface area (TPSA) is 87.5 Å². The summed E-state index contributed by atoms with van der Waals surface area (Å²) in [6.07, 6.45) is 10.1. The quantitative estimate of drug-likeness (QED) is 0.696. The number of hydrogen-bond acceptors (Lipinski definition) is 4. The fourth-order valence-electron chi connectivity index (χ4n) is 3.36. The largest absolute Gasteiger partial charge is 0.459 e. The maximum absolute atomic E-state index is 12.2. The number of aromatic nitrogens is 1. The molecular formula is C20H26N4O3. The second-order valence-corrected chi connectivity index (χ2v) is 6.86. The Morgan fingerprint density at radius 1 is 1.22 bits per heavy atom. The number of nitrogens with one attached hydrogen (secondary N) is 2. The molecule has 1 fully saturated rings. The lowest BCUT2D eigenvalue weighted by Crippen LogP contribution is -2.29. The van der Waals surface area contributed by atoms with E-state index in [1.165, 1.54) is 6.26 Å². The first-order valence-corrected chi connectivity index (χ1v) is 9.50. The van der Waals surface area contributed by atoms with E-state index in [9.17, 15) is 9.59 Å². The molecular weight excluding hydrogens is 344 g/mol. The van der Waals surface area contributed by atoms with Crippen LogP contribution in [0.25, 0.3) is 0 Å². The molecule has 7 heteroatoms. The second kappa shape index (κ2) is 9.75. The van der Waals surface area contributed by atoms with Gasteiger partial charge >= 0.3 is 6.03 Å². The molecule has 1 aliphatic rings. The van der Waals surface area contributed by atoms with E-state index in [1.54, 1.807) is 36.7 Å². The van der Waals surface area contributed by atoms with E-state index in [1.807, 2.05) is 4.90 Å². The third kappa shape index (κ3) is 5.84. The fourth-order valence-corrected chi connectivity index (χ4v) is 3.36. The highest BCUT2D eigenvalue weighted by Crippen LogP contribution is 2.23. The van der Waals surface area contributed by atoms with Crippen molar-refractivity contribution in [3.8, 4) is 0 Å². The van der Waals surface area contributed by atoms with Gasteiger partial charge in [0.1, 0.15) is 0 Å². The van der Waals surface area contributed by atoms with Crippen LogP contribution in [-0.4, -0.2) is 41.5 Å². The summed E-state index contributed by atoms with van der Waals surface area (Å²) in [5.41, 5.74) is 0.685. The molecule has 3 heterocycles. The van der Waals surface area contributed by atoms with Crippen molar-refractivity contribution in [1.82, 2.24) is 15.2 Å². The molecule has 0 radical (unpaired) electrons. The Kier molecular flexibility index (Phi) is 6.84. The summed E-state index contributed by atoms with van der Waals surface area (Å²) in [4.78, 5) is 29.8. The Hall–Kier alpha value is -2.83. The molecule has 144 valence electrons. The van der Waals surface area contributed by atoms with Gasteiger partial charge in [0.25, 0.3) is 5.91 Å². The van der Waals surface area contributed by atoms with Crippen LogP contribution < -0.4 is 10.6 Å². The van der Waals surface area contributed by atoms with Gasteiger partial charge in [-0.25, -0.2) is 4.79 Å². The van der Waals surface area contributed by atoms with E-state index < -0.39 is 0 Å². The number of likely N-dealkylation sites (tertiary alicyclic amines) is 1. The lowest BCUT2D eigenvalue weighted by molar-refractivity contribution is 0.0755. The van der Waals surface area contributed by atoms with Crippen molar-refractivity contribution >= 4 is 17.6 Å². The molecule has 2 aromatic rings. The summed E-state index contributed by atoms with van der Waals surface area (Å²) >= 11 is 0. The molecule has 0 aliphatic carbocycles. The minimum Gasteiger partial charge on any atom is -0.459 e. The molecule has 0 spiro atoms. The highest BCUT2D eigenvalue weighted by atomic mass is 16.3. The van der Waals surface area contributed by atoms with Gasteiger partial charge in [0.2, 0.25) is 0 Å². The predicted octanol–water partition coefficient (Wildman–Crippen LogP) is 3.52. The van der Waals surface area contributed by atoms with Crippen LogP contribution in [0.3, 0.4) is 0 Å². The number of urea groups is 1. The van der Waals surface area contributed by atoms with Crippen LogP contribution in [-0.2, 0) is 0 Å². The Bertz CT molecular complexity index is 718. The summed E-state index contributed by atoms with van der Waals surface area (Å²) in [6, 6.07) is 6.83. The molecule has 7 nitrogen and oxygen atoms in total. The average molecular weight is 370 g/mol. The first kappa shape index (κ1) is 18.9. The van der Waals surface area contributed by atoms with Crippen molar-refractivity contribution in [3.63, 3.8) is 0 Å². The van der Waals surface area contributed by atoms with Crippen molar-refractivity contribution in [2.45, 2.75) is 32.1 Å². The van der Waals surface area contributed by atoms with E-state index in [0.717, 1.165) is 45.2 Å². The van der Waals surface area contributed by atoms with Crippen molar-refractivity contribution in [2.75, 3.05) is 25.0 Å². The lowest BCUT2D eigenvalue weighted by atomic mass is 10.0. The molecule has 0 aromatic carbocycles. The molecule has 1 unspecified atom stereocenters. The Morgan fingerprint density at radius 3 is 2.93 bits per heavy atom. The van der Waals surface area contributed by atoms with Gasteiger partial charge in [-0.05, 0) is 49.4 Å². The number of furan rings is 1. The third-order valence-corrected chi connectivity index (χ3v) is 4.80. The number of hydrogen-bond donors (Lipinski definition) is 2. The average Bonchev–Trinajstić information content (AvgIpc) is 3.37. The Labute approximate surface area is 159 Å². The molecule has 3 amide bonds. The normalized spacial score (nSPS) is 16.3. The van der Waals surface area contributed by atoms with E-state index in [0.29, 0.717) is 23.9 Å². The number of amides is 3. The first-order valence-electron chi connectivity index (χ1n) is 9.50. The smallest absolute Gasteiger partial charge is 0.319 e. The lowest BCUT2D eigenvalue weighted by Gasteiger charge is -2.15. The number of anilines is 1. The van der Waals surface area contributed by atoms with Gasteiger partial charge in [0.15, 0.2) is 5.76 Å². The van der Waals surface area contributed by atoms with Gasteiger partial charge in [-0.3, -0.25) is 9.78 Å². The second-order valence-electron chi connectivity index (χ2n) is 6.86. The standard InChI is InChI=1S/C20H26N4O3/c25-19(18-8-5-13-27-18)24-12-9-16(15-24)6-2-1-3-11-22-20(26)23-17-7-4-10-21-14-17/h4-5,7-8,10,13-14,16H,1-3,6,9,11-12,15H2,(H2,22,23,26). The summed E-state index contributed by atoms with van der Waals surface area (Å²) in [6.45, 7) is 2.27. The summed E-state index contributed by atoms with van der Waals surface area (Å²) in [7, 11) is 0. The van der Waals surface area contributed by atoms with Crippen molar-refractivity contribution in [3.05, 3.63) is 48.7 Å². The molecule has 1 aliphatic heterocycles. The van der Waals surface area contributed by atoms with Crippen molar-refractivity contribution in [2.24, 2.45) is 5.92 Å². The maximum Gasteiger partial charge on any atom is 0.319 e. The van der Waals surface area contributed by atoms with E-state index in [-0.39, 0.29) is 11.9 Å². The van der Waals surface area contributed by atoms with E-state index >= 15 is 0 Å². The maximum atomic E-state index is 12.2. The third-order valence-electron chi connectivity index (χ3n) is 4.80. The highest BCUT2D eigenvalue weighted by Gasteiger charge is 2.27. The van der Waals surface area contributed by atoms with Crippen LogP contribution >= 0.6 is 0 Å². The Balaban J connectivity index is 1.24. The minimum atomic E-state index is -0.203. The zero-order valence-electron chi connectivity index (χ0n) is 15.4. The van der Waals surface area contributed by atoms with Crippen LogP contribution in [0.15, 0.2) is 47.3 Å². The summed E-state index contributed by atoms with van der Waals surface area (Å²) in [5.74, 6) is 0.975. The SMILES string of the molecule is O=C(NCCCCCC1CCN(C(=O)c2ccco2)C1)Nc1cccnc1. The van der Waals surface area contributed by atoms with E-state index in [4.69, 9.17) is 4.42 Å². The first-order chi connectivity index (χ1) is 13.2. The highest BCUT2D eigenvalue weighted by molar-refractivity contribution is 5.91. The van der Waals surface area contributed by atoms with Gasteiger partial charge in [-0.15, -0.1) is 0 Å². The van der Waals surface area contributed by atoms with Crippen LogP contribution in [0.1, 0.15) is 42.7 Å². The van der Waals surface area contributed by atoms with Crippen molar-refractivity contribution < 1.29 is 14.0 Å². The van der Waals surface area contributed by atoms with Crippen molar-refractivity contribution in [1.29, 1.82) is 0 Å². The zero-order valence-corrected chi connectivity index (χ0v) is 15.4. The van der Waals surface area contributed by atoms with Crippen LogP contribution in [0.2, 0.25) is 0 Å². The number of carbonyl (C=O) groups is 2. The molecule has 1 saturated heterocycles. The van der Waals surface area contributed by atoms with Gasteiger partial charge in [-0.1, -0.05) is 12.8 Å². The number of nitrogens with zero attached hydrogens (tertiary/aromatic N) is 2. The van der Waals surface area contributed by atoms with Crippen LogP contribution in [0.4, 0.5) is 10.5 Å².